The van der Waals surface area contributed by atoms with Crippen molar-refractivity contribution in [2.75, 3.05) is 18.6 Å². The molecule has 24 heavy (non-hydrogen) atoms. The smallest absolute Gasteiger partial charge is 0.235 e. The fourth-order valence-electron chi connectivity index (χ4n) is 2.82. The number of sulfone groups is 1. The molecule has 0 bridgehead atoms. The summed E-state index contributed by atoms with van der Waals surface area (Å²) < 4.78 is 42.1. The van der Waals surface area contributed by atoms with Crippen molar-refractivity contribution in [1.82, 2.24) is 5.32 Å². The molecule has 0 spiro atoms. The summed E-state index contributed by atoms with van der Waals surface area (Å²) in [6.07, 6.45) is 0.435. The third-order valence-electron chi connectivity index (χ3n) is 4.26. The van der Waals surface area contributed by atoms with Gasteiger partial charge in [0.2, 0.25) is 5.91 Å². The molecule has 1 aromatic rings. The molecule has 1 atom stereocenters. The van der Waals surface area contributed by atoms with E-state index in [9.17, 15) is 22.7 Å². The van der Waals surface area contributed by atoms with Crippen molar-refractivity contribution in [2.45, 2.75) is 31.9 Å². The topological polar surface area (TPSA) is 92.7 Å². The fraction of sp³-hybridized carbons (Fsp3) is 0.562. The first-order chi connectivity index (χ1) is 11.3. The number of carbonyl (C=O) groups is 1. The predicted octanol–water partition coefficient (Wildman–Crippen LogP) is 1.20. The van der Waals surface area contributed by atoms with E-state index in [0.29, 0.717) is 24.2 Å². The molecular formula is C16H22FNO5S. The zero-order chi connectivity index (χ0) is 17.9. The van der Waals surface area contributed by atoms with Crippen molar-refractivity contribution >= 4 is 15.7 Å². The van der Waals surface area contributed by atoms with Crippen molar-refractivity contribution in [3.63, 3.8) is 0 Å². The monoisotopic (exact) mass is 359 g/mol. The van der Waals surface area contributed by atoms with Gasteiger partial charge in [-0.3, -0.25) is 4.79 Å². The molecule has 0 aromatic heterocycles. The number of aliphatic hydroxyl groups is 1. The summed E-state index contributed by atoms with van der Waals surface area (Å²) in [7, 11) is -2.03. The van der Waals surface area contributed by atoms with Crippen molar-refractivity contribution < 1.29 is 27.4 Å². The lowest BCUT2D eigenvalue weighted by molar-refractivity contribution is -0.120. The Labute approximate surface area is 140 Å². The Kier molecular flexibility index (Phi) is 5.82. The van der Waals surface area contributed by atoms with Crippen LogP contribution in [0.2, 0.25) is 0 Å². The molecule has 0 heterocycles. The third-order valence-corrected chi connectivity index (χ3v) is 5.84. The van der Waals surface area contributed by atoms with Gasteiger partial charge in [0, 0.05) is 11.3 Å². The molecule has 0 radical (unpaired) electrons. The second-order valence-electron chi connectivity index (χ2n) is 5.99. The lowest BCUT2D eigenvalue weighted by Gasteiger charge is -2.38. The fourth-order valence-corrected chi connectivity index (χ4v) is 3.50. The molecular weight excluding hydrogens is 337 g/mol. The molecule has 1 amide bonds. The van der Waals surface area contributed by atoms with Crippen LogP contribution in [-0.2, 0) is 14.6 Å². The van der Waals surface area contributed by atoms with Crippen LogP contribution < -0.4 is 10.1 Å². The lowest BCUT2D eigenvalue weighted by atomic mass is 9.75. The van der Waals surface area contributed by atoms with Gasteiger partial charge in [-0.2, -0.15) is 0 Å². The molecule has 8 heteroatoms. The molecule has 2 N–H and O–H groups in total. The predicted molar refractivity (Wildman–Crippen MR) is 86.9 cm³/mol. The van der Waals surface area contributed by atoms with Gasteiger partial charge in [-0.25, -0.2) is 12.8 Å². The van der Waals surface area contributed by atoms with Crippen LogP contribution in [0.3, 0.4) is 0 Å². The summed E-state index contributed by atoms with van der Waals surface area (Å²) in [6, 6.07) is 3.36. The lowest BCUT2D eigenvalue weighted by Crippen LogP contribution is -2.43. The molecule has 6 nitrogen and oxygen atoms in total. The average molecular weight is 359 g/mol. The zero-order valence-corrected chi connectivity index (χ0v) is 14.5. The number of amides is 1. The highest BCUT2D eigenvalue weighted by Gasteiger charge is 2.37. The average Bonchev–Trinajstić information content (AvgIpc) is 2.49. The van der Waals surface area contributed by atoms with Crippen molar-refractivity contribution in [3.05, 3.63) is 29.6 Å². The molecule has 1 fully saturated rings. The second-order valence-corrected chi connectivity index (χ2v) is 8.35. The summed E-state index contributed by atoms with van der Waals surface area (Å²) in [5, 5.41) is 12.2. The van der Waals surface area contributed by atoms with Gasteiger partial charge in [0.25, 0.3) is 0 Å². The number of aliphatic hydroxyl groups excluding tert-OH is 1. The van der Waals surface area contributed by atoms with Crippen LogP contribution in [0.25, 0.3) is 0 Å². The third kappa shape index (κ3) is 4.45. The first-order valence-electron chi connectivity index (χ1n) is 7.77. The number of benzene rings is 1. The number of rotatable bonds is 7. The Hall–Kier alpha value is -1.67. The van der Waals surface area contributed by atoms with E-state index < -0.39 is 39.5 Å². The van der Waals surface area contributed by atoms with E-state index in [1.165, 1.54) is 32.2 Å². The van der Waals surface area contributed by atoms with Crippen LogP contribution in [-0.4, -0.2) is 44.2 Å². The number of nitrogens with one attached hydrogen (secondary N) is 1. The molecule has 1 aliphatic rings. The zero-order valence-electron chi connectivity index (χ0n) is 13.7. The van der Waals surface area contributed by atoms with E-state index >= 15 is 0 Å². The maximum absolute atomic E-state index is 13.7. The van der Waals surface area contributed by atoms with E-state index in [4.69, 9.17) is 4.74 Å². The number of hydrogen-bond donors (Lipinski definition) is 2. The van der Waals surface area contributed by atoms with Crippen LogP contribution in [0.4, 0.5) is 4.39 Å². The van der Waals surface area contributed by atoms with Crippen LogP contribution in [0.15, 0.2) is 18.2 Å². The summed E-state index contributed by atoms with van der Waals surface area (Å²) in [5.41, 5.74) is 0.441. The number of carbonyl (C=O) groups excluding carboxylic acids is 1. The van der Waals surface area contributed by atoms with Gasteiger partial charge < -0.3 is 15.2 Å². The molecule has 1 aliphatic carbocycles. The van der Waals surface area contributed by atoms with Crippen LogP contribution in [0.5, 0.6) is 5.75 Å². The molecule has 0 aliphatic heterocycles. The second kappa shape index (κ2) is 7.48. The minimum Gasteiger partial charge on any atom is -0.496 e. The van der Waals surface area contributed by atoms with E-state index in [-0.39, 0.29) is 11.7 Å². The highest BCUT2D eigenvalue weighted by molar-refractivity contribution is 7.92. The number of hydrogen-bond acceptors (Lipinski definition) is 5. The molecule has 0 unspecified atom stereocenters. The van der Waals surface area contributed by atoms with E-state index in [1.807, 2.05) is 0 Å². The maximum atomic E-state index is 13.7. The molecule has 0 saturated heterocycles. The summed E-state index contributed by atoms with van der Waals surface area (Å²) >= 11 is 0. The van der Waals surface area contributed by atoms with Gasteiger partial charge >= 0.3 is 0 Å². The van der Waals surface area contributed by atoms with Gasteiger partial charge in [-0.1, -0.05) is 6.92 Å². The minimum absolute atomic E-state index is 0.107. The van der Waals surface area contributed by atoms with Crippen molar-refractivity contribution in [2.24, 2.45) is 5.92 Å². The highest BCUT2D eigenvalue weighted by atomic mass is 32.2. The highest BCUT2D eigenvalue weighted by Crippen LogP contribution is 2.41. The Morgan fingerprint density at radius 3 is 2.67 bits per heavy atom. The number of ether oxygens (including phenoxy) is 1. The first-order valence-corrected chi connectivity index (χ1v) is 9.59. The van der Waals surface area contributed by atoms with Gasteiger partial charge in [-0.15, -0.1) is 0 Å². The van der Waals surface area contributed by atoms with E-state index in [0.717, 1.165) is 0 Å². The largest absolute Gasteiger partial charge is 0.496 e. The Bertz CT molecular complexity index is 700. The normalized spacial score (nSPS) is 21.7. The maximum Gasteiger partial charge on any atom is 0.235 e. The van der Waals surface area contributed by atoms with Gasteiger partial charge in [0.05, 0.1) is 19.3 Å². The van der Waals surface area contributed by atoms with Gasteiger partial charge in [0.15, 0.2) is 9.84 Å². The summed E-state index contributed by atoms with van der Waals surface area (Å²) in [5.74, 6) is -1.57. The van der Waals surface area contributed by atoms with Crippen molar-refractivity contribution in [1.29, 1.82) is 0 Å². The SMILES string of the molecule is CCS(=O)(=O)CC(=O)N[C@@H](c1cc(F)ccc1OC)C1CC(O)C1. The first kappa shape index (κ1) is 18.7. The Morgan fingerprint density at radius 1 is 1.46 bits per heavy atom. The van der Waals surface area contributed by atoms with Crippen LogP contribution >= 0.6 is 0 Å². The molecule has 1 saturated carbocycles. The van der Waals surface area contributed by atoms with E-state index in [2.05, 4.69) is 5.32 Å². The molecule has 2 rings (SSSR count). The Morgan fingerprint density at radius 2 is 2.12 bits per heavy atom. The van der Waals surface area contributed by atoms with Crippen molar-refractivity contribution in [3.8, 4) is 5.75 Å². The minimum atomic E-state index is -3.46. The summed E-state index contributed by atoms with van der Waals surface area (Å²) in [6.45, 7) is 1.47. The molecule has 134 valence electrons. The Balaban J connectivity index is 2.26. The van der Waals surface area contributed by atoms with Crippen LogP contribution in [0, 0.1) is 11.7 Å². The number of methoxy groups -OCH3 is 1. The van der Waals surface area contributed by atoms with Crippen LogP contribution in [0.1, 0.15) is 31.4 Å². The molecule has 1 aromatic carbocycles. The summed E-state index contributed by atoms with van der Waals surface area (Å²) in [4.78, 5) is 12.1. The standard InChI is InChI=1S/C16H22FNO5S/c1-3-24(21,22)9-15(20)18-16(10-6-12(19)7-10)13-8-11(17)4-5-14(13)23-2/h4-5,8,10,12,16,19H,3,6-7,9H2,1-2H3,(H,18,20)/t10?,12?,16-/m1/s1. The quantitative estimate of drug-likeness (QED) is 0.763. The van der Waals surface area contributed by atoms with E-state index in [1.54, 1.807) is 0 Å². The number of halogens is 1. The van der Waals surface area contributed by atoms with Gasteiger partial charge in [0.1, 0.15) is 17.3 Å². The van der Waals surface area contributed by atoms with Gasteiger partial charge in [-0.05, 0) is 37.0 Å².